The fourth-order valence-electron chi connectivity index (χ4n) is 3.48. The zero-order valence-electron chi connectivity index (χ0n) is 13.7. The monoisotopic (exact) mass is 378 g/mol. The molecule has 128 valence electrons. The predicted octanol–water partition coefficient (Wildman–Crippen LogP) is 4.65. The molecule has 1 N–H and O–H groups in total. The molecule has 2 heterocycles. The molecular formula is C20H14N2O2S2. The van der Waals surface area contributed by atoms with E-state index in [1.54, 1.807) is 23.5 Å². The molecule has 5 rings (SSSR count). The van der Waals surface area contributed by atoms with E-state index in [0.717, 1.165) is 37.6 Å². The van der Waals surface area contributed by atoms with Crippen LogP contribution in [0.2, 0.25) is 0 Å². The molecule has 3 aromatic rings. The van der Waals surface area contributed by atoms with Gasteiger partial charge < -0.3 is 5.32 Å². The summed E-state index contributed by atoms with van der Waals surface area (Å²) in [7, 11) is 0. The van der Waals surface area contributed by atoms with Gasteiger partial charge in [-0.3, -0.25) is 14.5 Å². The standard InChI is InChI=1S/C20H14N2O2S2/c23-15-10-25-19-17(21-15)13-8-4-5-9-14(13)18-20(19)26-11-16(24)22(18)12-6-2-1-3-7-12/h1-9H,10-11H2,(H,21,23). The van der Waals surface area contributed by atoms with Crippen LogP contribution in [0.3, 0.4) is 0 Å². The number of anilines is 3. The number of thioether (sulfide) groups is 2. The summed E-state index contributed by atoms with van der Waals surface area (Å²) in [4.78, 5) is 28.8. The maximum absolute atomic E-state index is 12.8. The van der Waals surface area contributed by atoms with Crippen LogP contribution in [0.15, 0.2) is 64.4 Å². The summed E-state index contributed by atoms with van der Waals surface area (Å²) in [6.07, 6.45) is 0. The SMILES string of the molecule is O=C1CSc2c3c(c4ccccc4c2N1)N(c1ccccc1)C(=O)CS3. The van der Waals surface area contributed by atoms with Gasteiger partial charge in [-0.05, 0) is 12.1 Å². The number of carbonyl (C=O) groups excluding carboxylic acids is 2. The second-order valence-electron chi connectivity index (χ2n) is 6.12. The Labute approximate surface area is 158 Å². The number of para-hydroxylation sites is 1. The second kappa shape index (κ2) is 6.07. The number of carbonyl (C=O) groups is 2. The van der Waals surface area contributed by atoms with Crippen LogP contribution in [-0.4, -0.2) is 23.3 Å². The maximum atomic E-state index is 12.8. The van der Waals surface area contributed by atoms with Gasteiger partial charge in [0.05, 0.1) is 22.9 Å². The quantitative estimate of drug-likeness (QED) is 0.669. The first kappa shape index (κ1) is 15.8. The van der Waals surface area contributed by atoms with Gasteiger partial charge in [-0.1, -0.05) is 42.5 Å². The van der Waals surface area contributed by atoms with Crippen LogP contribution in [0.5, 0.6) is 0 Å². The Kier molecular flexibility index (Phi) is 3.69. The first-order valence-electron chi connectivity index (χ1n) is 8.26. The summed E-state index contributed by atoms with van der Waals surface area (Å²) in [5.74, 6) is 0.881. The summed E-state index contributed by atoms with van der Waals surface area (Å²) < 4.78 is 0. The van der Waals surface area contributed by atoms with Gasteiger partial charge in [0.25, 0.3) is 0 Å². The van der Waals surface area contributed by atoms with Crippen molar-refractivity contribution in [3.05, 3.63) is 54.6 Å². The Morgan fingerprint density at radius 1 is 0.808 bits per heavy atom. The summed E-state index contributed by atoms with van der Waals surface area (Å²) in [6.45, 7) is 0. The highest BCUT2D eigenvalue weighted by molar-refractivity contribution is 8.03. The fraction of sp³-hybridized carbons (Fsp3) is 0.100. The van der Waals surface area contributed by atoms with Crippen molar-refractivity contribution in [2.75, 3.05) is 21.7 Å². The van der Waals surface area contributed by atoms with Crippen molar-refractivity contribution in [1.82, 2.24) is 0 Å². The lowest BCUT2D eigenvalue weighted by Gasteiger charge is -2.33. The topological polar surface area (TPSA) is 49.4 Å². The molecule has 26 heavy (non-hydrogen) atoms. The third-order valence-electron chi connectivity index (χ3n) is 4.54. The van der Waals surface area contributed by atoms with Gasteiger partial charge in [-0.25, -0.2) is 0 Å². The minimum Gasteiger partial charge on any atom is -0.324 e. The molecule has 2 amide bonds. The maximum Gasteiger partial charge on any atom is 0.241 e. The summed E-state index contributed by atoms with van der Waals surface area (Å²) in [5, 5.41) is 4.99. The first-order chi connectivity index (χ1) is 12.7. The van der Waals surface area contributed by atoms with Crippen molar-refractivity contribution in [3.8, 4) is 0 Å². The molecule has 0 saturated heterocycles. The van der Waals surface area contributed by atoms with Crippen LogP contribution >= 0.6 is 23.5 Å². The van der Waals surface area contributed by atoms with Crippen molar-refractivity contribution < 1.29 is 9.59 Å². The first-order valence-corrected chi connectivity index (χ1v) is 10.2. The zero-order valence-corrected chi connectivity index (χ0v) is 15.3. The van der Waals surface area contributed by atoms with Crippen molar-refractivity contribution in [2.45, 2.75) is 9.79 Å². The number of benzene rings is 3. The third kappa shape index (κ3) is 2.33. The van der Waals surface area contributed by atoms with Gasteiger partial charge >= 0.3 is 0 Å². The lowest BCUT2D eigenvalue weighted by Crippen LogP contribution is -2.32. The van der Waals surface area contributed by atoms with Crippen LogP contribution in [0, 0.1) is 0 Å². The van der Waals surface area contributed by atoms with E-state index in [4.69, 9.17) is 0 Å². The molecule has 2 aliphatic heterocycles. The predicted molar refractivity (Wildman–Crippen MR) is 108 cm³/mol. The largest absolute Gasteiger partial charge is 0.324 e. The van der Waals surface area contributed by atoms with E-state index in [0.29, 0.717) is 11.5 Å². The summed E-state index contributed by atoms with van der Waals surface area (Å²) in [5.41, 5.74) is 2.67. The smallest absolute Gasteiger partial charge is 0.241 e. The Balaban J connectivity index is 1.87. The number of hydrogen-bond acceptors (Lipinski definition) is 4. The van der Waals surface area contributed by atoms with E-state index in [9.17, 15) is 9.59 Å². The molecule has 0 aliphatic carbocycles. The highest BCUT2D eigenvalue weighted by Gasteiger charge is 2.33. The number of nitrogens with one attached hydrogen (secondary N) is 1. The van der Waals surface area contributed by atoms with Crippen molar-refractivity contribution in [1.29, 1.82) is 0 Å². The molecule has 0 spiro atoms. The van der Waals surface area contributed by atoms with E-state index in [1.807, 2.05) is 59.5 Å². The van der Waals surface area contributed by atoms with Crippen LogP contribution in [0.1, 0.15) is 0 Å². The molecule has 3 aromatic carbocycles. The molecule has 0 radical (unpaired) electrons. The minimum atomic E-state index is 0.0180. The van der Waals surface area contributed by atoms with Crippen LogP contribution < -0.4 is 10.2 Å². The van der Waals surface area contributed by atoms with Gasteiger partial charge in [0, 0.05) is 26.3 Å². The number of nitrogens with zero attached hydrogens (tertiary/aromatic N) is 1. The second-order valence-corrected chi connectivity index (χ2v) is 8.09. The third-order valence-corrected chi connectivity index (χ3v) is 6.85. The molecule has 0 aromatic heterocycles. The molecular weight excluding hydrogens is 364 g/mol. The summed E-state index contributed by atoms with van der Waals surface area (Å²) in [6, 6.07) is 17.7. The minimum absolute atomic E-state index is 0.0180. The Morgan fingerprint density at radius 2 is 1.50 bits per heavy atom. The van der Waals surface area contributed by atoms with Gasteiger partial charge in [-0.2, -0.15) is 0 Å². The number of amides is 2. The normalized spacial score (nSPS) is 16.2. The van der Waals surface area contributed by atoms with Gasteiger partial charge in [-0.15, -0.1) is 23.5 Å². The van der Waals surface area contributed by atoms with E-state index in [-0.39, 0.29) is 11.8 Å². The number of hydrogen-bond donors (Lipinski definition) is 1. The number of fused-ring (bicyclic) bond motifs is 6. The van der Waals surface area contributed by atoms with E-state index in [1.165, 1.54) is 0 Å². The zero-order chi connectivity index (χ0) is 17.7. The van der Waals surface area contributed by atoms with Crippen molar-refractivity contribution in [3.63, 3.8) is 0 Å². The Morgan fingerprint density at radius 3 is 2.31 bits per heavy atom. The van der Waals surface area contributed by atoms with Crippen LogP contribution in [0.25, 0.3) is 10.8 Å². The highest BCUT2D eigenvalue weighted by Crippen LogP contribution is 2.53. The molecule has 0 saturated carbocycles. The van der Waals surface area contributed by atoms with Gasteiger partial charge in [0.1, 0.15) is 0 Å². The molecule has 4 nitrogen and oxygen atoms in total. The van der Waals surface area contributed by atoms with E-state index < -0.39 is 0 Å². The molecule has 0 fully saturated rings. The van der Waals surface area contributed by atoms with E-state index >= 15 is 0 Å². The molecule has 0 bridgehead atoms. The lowest BCUT2D eigenvalue weighted by molar-refractivity contribution is -0.116. The average molecular weight is 378 g/mol. The average Bonchev–Trinajstić information content (AvgIpc) is 2.68. The van der Waals surface area contributed by atoms with Crippen molar-refractivity contribution in [2.24, 2.45) is 0 Å². The summed E-state index contributed by atoms with van der Waals surface area (Å²) >= 11 is 3.12. The van der Waals surface area contributed by atoms with Crippen LogP contribution in [0.4, 0.5) is 17.1 Å². The van der Waals surface area contributed by atoms with E-state index in [2.05, 4.69) is 5.32 Å². The van der Waals surface area contributed by atoms with Gasteiger partial charge in [0.15, 0.2) is 0 Å². The lowest BCUT2D eigenvalue weighted by atomic mass is 10.0. The molecule has 6 heteroatoms. The molecule has 0 unspecified atom stereocenters. The van der Waals surface area contributed by atoms with Gasteiger partial charge in [0.2, 0.25) is 11.8 Å². The molecule has 0 atom stereocenters. The Bertz CT molecular complexity index is 1070. The molecule has 2 aliphatic rings. The van der Waals surface area contributed by atoms with Crippen LogP contribution in [-0.2, 0) is 9.59 Å². The number of rotatable bonds is 1. The fourth-order valence-corrected chi connectivity index (χ4v) is 5.68. The Hall–Kier alpha value is -2.44. The highest BCUT2D eigenvalue weighted by atomic mass is 32.2. The van der Waals surface area contributed by atoms with Crippen molar-refractivity contribution >= 4 is 63.2 Å².